The van der Waals surface area contributed by atoms with Gasteiger partial charge in [-0.25, -0.2) is 0 Å². The summed E-state index contributed by atoms with van der Waals surface area (Å²) in [5.74, 6) is -0.0896. The largest absolute Gasteiger partial charge is 0.325 e. The number of halogens is 3. The van der Waals surface area contributed by atoms with Crippen LogP contribution in [0, 0.1) is 0 Å². The third-order valence-electron chi connectivity index (χ3n) is 3.24. The normalized spacial score (nSPS) is 10.6. The monoisotopic (exact) mass is 370 g/mol. The van der Waals surface area contributed by atoms with Gasteiger partial charge in [0.25, 0.3) is 0 Å². The molecule has 0 saturated carbocycles. The van der Waals surface area contributed by atoms with Gasteiger partial charge in [-0.05, 0) is 48.9 Å². The van der Waals surface area contributed by atoms with Crippen molar-refractivity contribution < 1.29 is 4.79 Å². The standard InChI is InChI=1S/C17H17Cl3N2O/c18-13-3-1-12(2-4-13)7-9-21-10-8-17(23)22-16-6-5-14(19)11-15(16)20/h1-6,11,21H,7-10H2,(H,22,23). The summed E-state index contributed by atoms with van der Waals surface area (Å²) in [5, 5.41) is 7.72. The molecule has 3 nitrogen and oxygen atoms in total. The first-order valence-corrected chi connectivity index (χ1v) is 8.38. The van der Waals surface area contributed by atoms with Crippen molar-refractivity contribution in [2.45, 2.75) is 12.8 Å². The minimum atomic E-state index is -0.0896. The van der Waals surface area contributed by atoms with Crippen LogP contribution in [-0.4, -0.2) is 19.0 Å². The van der Waals surface area contributed by atoms with Gasteiger partial charge in [0.1, 0.15) is 0 Å². The van der Waals surface area contributed by atoms with Gasteiger partial charge in [-0.3, -0.25) is 4.79 Å². The van der Waals surface area contributed by atoms with E-state index in [-0.39, 0.29) is 5.91 Å². The molecule has 0 saturated heterocycles. The Morgan fingerprint density at radius 2 is 1.61 bits per heavy atom. The van der Waals surface area contributed by atoms with Crippen molar-refractivity contribution in [1.82, 2.24) is 5.32 Å². The van der Waals surface area contributed by atoms with Gasteiger partial charge in [-0.2, -0.15) is 0 Å². The smallest absolute Gasteiger partial charge is 0.225 e. The van der Waals surface area contributed by atoms with Gasteiger partial charge in [0, 0.05) is 23.0 Å². The molecule has 0 unspecified atom stereocenters. The van der Waals surface area contributed by atoms with Crippen LogP contribution in [0.25, 0.3) is 0 Å². The van der Waals surface area contributed by atoms with Gasteiger partial charge in [0.05, 0.1) is 10.7 Å². The Bertz CT molecular complexity index is 659. The number of amides is 1. The summed E-state index contributed by atoms with van der Waals surface area (Å²) in [7, 11) is 0. The van der Waals surface area contributed by atoms with E-state index in [2.05, 4.69) is 10.6 Å². The third kappa shape index (κ3) is 6.40. The van der Waals surface area contributed by atoms with Crippen LogP contribution >= 0.6 is 34.8 Å². The molecule has 6 heteroatoms. The number of carbonyl (C=O) groups excluding carboxylic acids is 1. The highest BCUT2D eigenvalue weighted by molar-refractivity contribution is 6.36. The minimum Gasteiger partial charge on any atom is -0.325 e. The Morgan fingerprint density at radius 1 is 0.913 bits per heavy atom. The van der Waals surface area contributed by atoms with Crippen molar-refractivity contribution in [2.24, 2.45) is 0 Å². The van der Waals surface area contributed by atoms with Crippen LogP contribution in [-0.2, 0) is 11.2 Å². The number of hydrogen-bond donors (Lipinski definition) is 2. The minimum absolute atomic E-state index is 0.0896. The van der Waals surface area contributed by atoms with Gasteiger partial charge in [-0.1, -0.05) is 46.9 Å². The van der Waals surface area contributed by atoms with Crippen molar-refractivity contribution in [1.29, 1.82) is 0 Å². The molecule has 0 aromatic heterocycles. The number of benzene rings is 2. The quantitative estimate of drug-likeness (QED) is 0.686. The van der Waals surface area contributed by atoms with E-state index in [9.17, 15) is 4.79 Å². The molecule has 2 aromatic rings. The molecule has 0 aliphatic rings. The Kier molecular flexibility index (Phi) is 7.18. The highest BCUT2D eigenvalue weighted by Crippen LogP contribution is 2.25. The van der Waals surface area contributed by atoms with Crippen LogP contribution in [0.5, 0.6) is 0 Å². The first kappa shape index (κ1) is 18.1. The van der Waals surface area contributed by atoms with Crippen LogP contribution in [0.3, 0.4) is 0 Å². The molecular weight excluding hydrogens is 355 g/mol. The zero-order valence-corrected chi connectivity index (χ0v) is 14.7. The highest BCUT2D eigenvalue weighted by Gasteiger charge is 2.06. The number of anilines is 1. The van der Waals surface area contributed by atoms with Crippen molar-refractivity contribution in [3.63, 3.8) is 0 Å². The third-order valence-corrected chi connectivity index (χ3v) is 4.04. The predicted octanol–water partition coefficient (Wildman–Crippen LogP) is 4.81. The van der Waals surface area contributed by atoms with E-state index in [0.29, 0.717) is 28.7 Å². The van der Waals surface area contributed by atoms with Gasteiger partial charge in [0.2, 0.25) is 5.91 Å². The average Bonchev–Trinajstić information content (AvgIpc) is 2.51. The lowest BCUT2D eigenvalue weighted by Gasteiger charge is -2.08. The molecule has 2 rings (SSSR count). The summed E-state index contributed by atoms with van der Waals surface area (Å²) in [5.41, 5.74) is 1.78. The van der Waals surface area contributed by atoms with E-state index < -0.39 is 0 Å². The van der Waals surface area contributed by atoms with Crippen LogP contribution in [0.1, 0.15) is 12.0 Å². The van der Waals surface area contributed by atoms with Gasteiger partial charge in [0.15, 0.2) is 0 Å². The molecule has 0 radical (unpaired) electrons. The maximum absolute atomic E-state index is 11.9. The summed E-state index contributed by atoms with van der Waals surface area (Å²) in [6, 6.07) is 12.7. The fourth-order valence-electron chi connectivity index (χ4n) is 2.01. The molecule has 0 bridgehead atoms. The summed E-state index contributed by atoms with van der Waals surface area (Å²) in [6.07, 6.45) is 1.27. The molecular formula is C17H17Cl3N2O. The number of rotatable bonds is 7. The van der Waals surface area contributed by atoms with E-state index in [1.807, 2.05) is 24.3 Å². The summed E-state index contributed by atoms with van der Waals surface area (Å²) in [6.45, 7) is 1.40. The van der Waals surface area contributed by atoms with E-state index in [4.69, 9.17) is 34.8 Å². The first-order valence-electron chi connectivity index (χ1n) is 7.24. The van der Waals surface area contributed by atoms with E-state index in [0.717, 1.165) is 18.0 Å². The van der Waals surface area contributed by atoms with E-state index >= 15 is 0 Å². The molecule has 0 aliphatic heterocycles. The summed E-state index contributed by atoms with van der Waals surface area (Å²) >= 11 is 17.7. The second kappa shape index (κ2) is 9.14. The molecule has 0 fully saturated rings. The van der Waals surface area contributed by atoms with Crippen LogP contribution in [0.4, 0.5) is 5.69 Å². The second-order valence-electron chi connectivity index (χ2n) is 5.05. The molecule has 23 heavy (non-hydrogen) atoms. The Labute approximate surface area is 150 Å². The lowest BCUT2D eigenvalue weighted by Crippen LogP contribution is -2.23. The zero-order valence-electron chi connectivity index (χ0n) is 12.4. The predicted molar refractivity (Wildman–Crippen MR) is 97.7 cm³/mol. The van der Waals surface area contributed by atoms with Gasteiger partial charge in [-0.15, -0.1) is 0 Å². The SMILES string of the molecule is O=C(CCNCCc1ccc(Cl)cc1)Nc1ccc(Cl)cc1Cl. The lowest BCUT2D eigenvalue weighted by atomic mass is 10.1. The Balaban J connectivity index is 1.65. The highest BCUT2D eigenvalue weighted by atomic mass is 35.5. The van der Waals surface area contributed by atoms with E-state index in [1.54, 1.807) is 18.2 Å². The number of nitrogens with one attached hydrogen (secondary N) is 2. The van der Waals surface area contributed by atoms with Crippen molar-refractivity contribution in [3.05, 3.63) is 63.1 Å². The maximum atomic E-state index is 11.9. The van der Waals surface area contributed by atoms with E-state index in [1.165, 1.54) is 5.56 Å². The van der Waals surface area contributed by atoms with Crippen molar-refractivity contribution in [2.75, 3.05) is 18.4 Å². The van der Waals surface area contributed by atoms with Gasteiger partial charge < -0.3 is 10.6 Å². The molecule has 0 aliphatic carbocycles. The molecule has 0 spiro atoms. The molecule has 0 atom stereocenters. The van der Waals surface area contributed by atoms with Crippen LogP contribution in [0.2, 0.25) is 15.1 Å². The van der Waals surface area contributed by atoms with Crippen molar-refractivity contribution in [3.8, 4) is 0 Å². The molecule has 1 amide bonds. The molecule has 2 N–H and O–H groups in total. The Morgan fingerprint density at radius 3 is 2.30 bits per heavy atom. The Hall–Kier alpha value is -1.26. The fraction of sp³-hybridized carbons (Fsp3) is 0.235. The molecule has 122 valence electrons. The number of carbonyl (C=O) groups is 1. The average molecular weight is 372 g/mol. The van der Waals surface area contributed by atoms with Gasteiger partial charge >= 0.3 is 0 Å². The topological polar surface area (TPSA) is 41.1 Å². The lowest BCUT2D eigenvalue weighted by molar-refractivity contribution is -0.116. The molecule has 2 aromatic carbocycles. The van der Waals surface area contributed by atoms with Crippen LogP contribution in [0.15, 0.2) is 42.5 Å². The zero-order chi connectivity index (χ0) is 16.7. The second-order valence-corrected chi connectivity index (χ2v) is 6.33. The summed E-state index contributed by atoms with van der Waals surface area (Å²) in [4.78, 5) is 11.9. The fourth-order valence-corrected chi connectivity index (χ4v) is 2.60. The van der Waals surface area contributed by atoms with Crippen LogP contribution < -0.4 is 10.6 Å². The first-order chi connectivity index (χ1) is 11.0. The maximum Gasteiger partial charge on any atom is 0.225 e. The van der Waals surface area contributed by atoms with Crippen molar-refractivity contribution >= 4 is 46.4 Å². The summed E-state index contributed by atoms with van der Waals surface area (Å²) < 4.78 is 0. The molecule has 0 heterocycles. The number of hydrogen-bond acceptors (Lipinski definition) is 2.